The second-order valence-electron chi connectivity index (χ2n) is 6.65. The van der Waals surface area contributed by atoms with Crippen LogP contribution in [0.2, 0.25) is 0 Å². The van der Waals surface area contributed by atoms with E-state index in [1.807, 2.05) is 6.07 Å². The predicted octanol–water partition coefficient (Wildman–Crippen LogP) is 3.40. The maximum Gasteiger partial charge on any atom is 0.269 e. The molecule has 8 nitrogen and oxygen atoms in total. The number of nitro benzene ring substituents is 1. The summed E-state index contributed by atoms with van der Waals surface area (Å²) in [4.78, 5) is 23.4. The molecule has 140 valence electrons. The summed E-state index contributed by atoms with van der Waals surface area (Å²) in [7, 11) is 0. The second kappa shape index (κ2) is 6.70. The van der Waals surface area contributed by atoms with Crippen LogP contribution in [0.1, 0.15) is 36.0 Å². The first-order valence-corrected chi connectivity index (χ1v) is 8.61. The lowest BCUT2D eigenvalue weighted by Crippen LogP contribution is -2.29. The summed E-state index contributed by atoms with van der Waals surface area (Å²) in [6.45, 7) is 0. The highest BCUT2D eigenvalue weighted by Gasteiger charge is 2.41. The Labute approximate surface area is 159 Å². The minimum atomic E-state index is -0.709. The topological polar surface area (TPSA) is 132 Å². The van der Waals surface area contributed by atoms with Gasteiger partial charge in [0.05, 0.1) is 17.1 Å². The van der Waals surface area contributed by atoms with E-state index in [2.05, 4.69) is 0 Å². The molecular weight excluding hydrogens is 362 g/mol. The lowest BCUT2D eigenvalue weighted by Gasteiger charge is -2.33. The fourth-order valence-corrected chi connectivity index (χ4v) is 3.75. The smallest absolute Gasteiger partial charge is 0.269 e. The number of carbonyl (C=O) groups excluding carboxylic acids is 1. The van der Waals surface area contributed by atoms with Crippen LogP contribution in [-0.2, 0) is 9.53 Å². The lowest BCUT2D eigenvalue weighted by atomic mass is 9.74. The van der Waals surface area contributed by atoms with E-state index < -0.39 is 10.8 Å². The molecule has 0 saturated heterocycles. The highest BCUT2D eigenvalue weighted by Crippen LogP contribution is 2.46. The molecule has 1 aliphatic carbocycles. The molecule has 2 atom stereocenters. The van der Waals surface area contributed by atoms with Gasteiger partial charge in [0.2, 0.25) is 5.88 Å². The van der Waals surface area contributed by atoms with E-state index in [1.165, 1.54) is 24.3 Å². The number of ketones is 1. The number of carbonyl (C=O) groups is 1. The molecule has 2 aliphatic rings. The molecule has 4 rings (SSSR count). The fourth-order valence-electron chi connectivity index (χ4n) is 3.75. The van der Waals surface area contributed by atoms with Crippen molar-refractivity contribution >= 4 is 11.5 Å². The normalized spacial score (nSPS) is 21.8. The molecule has 1 aromatic carbocycles. The van der Waals surface area contributed by atoms with Crippen molar-refractivity contribution in [2.45, 2.75) is 24.7 Å². The first-order chi connectivity index (χ1) is 13.5. The Hall–Kier alpha value is -3.86. The van der Waals surface area contributed by atoms with Crippen molar-refractivity contribution in [3.63, 3.8) is 0 Å². The van der Waals surface area contributed by atoms with Gasteiger partial charge < -0.3 is 14.9 Å². The largest absolute Gasteiger partial charge is 0.469 e. The number of nitro groups is 1. The van der Waals surface area contributed by atoms with E-state index in [4.69, 9.17) is 14.9 Å². The van der Waals surface area contributed by atoms with Crippen molar-refractivity contribution < 1.29 is 18.9 Å². The highest BCUT2D eigenvalue weighted by molar-refractivity contribution is 6.00. The van der Waals surface area contributed by atoms with Crippen LogP contribution in [0.4, 0.5) is 5.69 Å². The number of furan rings is 1. The molecule has 0 radical (unpaired) electrons. The third-order valence-electron chi connectivity index (χ3n) is 5.04. The zero-order valence-corrected chi connectivity index (χ0v) is 14.6. The summed E-state index contributed by atoms with van der Waals surface area (Å²) in [5.74, 6) is 0.0000666. The van der Waals surface area contributed by atoms with E-state index in [0.29, 0.717) is 29.1 Å². The van der Waals surface area contributed by atoms with Gasteiger partial charge in [0.1, 0.15) is 23.2 Å². The fraction of sp³-hybridized carbons (Fsp3) is 0.200. The van der Waals surface area contributed by atoms with Crippen molar-refractivity contribution in [1.29, 1.82) is 5.26 Å². The van der Waals surface area contributed by atoms with E-state index in [-0.39, 0.29) is 35.3 Å². The molecule has 0 spiro atoms. The van der Waals surface area contributed by atoms with Gasteiger partial charge in [0.15, 0.2) is 5.78 Å². The molecular formula is C20H15N3O5. The Balaban J connectivity index is 1.78. The van der Waals surface area contributed by atoms with Crippen molar-refractivity contribution in [3.05, 3.63) is 86.9 Å². The van der Waals surface area contributed by atoms with Gasteiger partial charge in [-0.05, 0) is 17.7 Å². The summed E-state index contributed by atoms with van der Waals surface area (Å²) in [5, 5.41) is 20.5. The van der Waals surface area contributed by atoms with E-state index in [9.17, 15) is 20.2 Å². The molecule has 8 heteroatoms. The number of hydrogen-bond acceptors (Lipinski definition) is 7. The molecule has 0 fully saturated rings. The molecule has 1 aromatic heterocycles. The molecule has 2 N–H and O–H groups in total. The van der Waals surface area contributed by atoms with Gasteiger partial charge in [-0.25, -0.2) is 0 Å². The van der Waals surface area contributed by atoms with Gasteiger partial charge in [-0.2, -0.15) is 5.26 Å². The van der Waals surface area contributed by atoms with Crippen LogP contribution >= 0.6 is 0 Å². The summed E-state index contributed by atoms with van der Waals surface area (Å²) >= 11 is 0. The number of non-ortho nitro benzene ring substituents is 1. The Kier molecular flexibility index (Phi) is 4.20. The molecule has 0 bridgehead atoms. The van der Waals surface area contributed by atoms with E-state index >= 15 is 0 Å². The number of ether oxygens (including phenoxy) is 1. The zero-order chi connectivity index (χ0) is 19.8. The van der Waals surface area contributed by atoms with Gasteiger partial charge >= 0.3 is 0 Å². The van der Waals surface area contributed by atoms with Gasteiger partial charge in [-0.15, -0.1) is 0 Å². The Bertz CT molecular complexity index is 1060. The number of nitrogens with two attached hydrogens (primary N) is 1. The first-order valence-electron chi connectivity index (χ1n) is 8.61. The van der Waals surface area contributed by atoms with Crippen LogP contribution in [0.3, 0.4) is 0 Å². The van der Waals surface area contributed by atoms with Crippen molar-refractivity contribution in [2.75, 3.05) is 0 Å². The summed E-state index contributed by atoms with van der Waals surface area (Å²) in [6, 6.07) is 11.3. The van der Waals surface area contributed by atoms with Crippen LogP contribution in [0.15, 0.2) is 69.9 Å². The molecule has 0 unspecified atom stereocenters. The van der Waals surface area contributed by atoms with Gasteiger partial charge in [-0.1, -0.05) is 12.1 Å². The second-order valence-corrected chi connectivity index (χ2v) is 6.65. The van der Waals surface area contributed by atoms with Crippen LogP contribution < -0.4 is 5.73 Å². The molecule has 2 aromatic rings. The highest BCUT2D eigenvalue weighted by atomic mass is 16.6. The van der Waals surface area contributed by atoms with Gasteiger partial charge in [-0.3, -0.25) is 14.9 Å². The minimum absolute atomic E-state index is 0.0579. The number of rotatable bonds is 3. The van der Waals surface area contributed by atoms with Crippen molar-refractivity contribution in [3.8, 4) is 6.07 Å². The zero-order valence-electron chi connectivity index (χ0n) is 14.6. The van der Waals surface area contributed by atoms with Crippen molar-refractivity contribution in [1.82, 2.24) is 0 Å². The van der Waals surface area contributed by atoms with Crippen LogP contribution in [-0.4, -0.2) is 10.7 Å². The van der Waals surface area contributed by atoms with E-state index in [0.717, 1.165) is 0 Å². The minimum Gasteiger partial charge on any atom is -0.469 e. The van der Waals surface area contributed by atoms with Crippen LogP contribution in [0, 0.1) is 21.4 Å². The number of benzene rings is 1. The summed E-state index contributed by atoms with van der Waals surface area (Å²) < 4.78 is 11.1. The van der Waals surface area contributed by atoms with E-state index in [1.54, 1.807) is 18.4 Å². The number of allylic oxidation sites excluding steroid dienone is 3. The average Bonchev–Trinajstić information content (AvgIpc) is 3.21. The third-order valence-corrected chi connectivity index (χ3v) is 5.04. The predicted molar refractivity (Wildman–Crippen MR) is 96.5 cm³/mol. The monoisotopic (exact) mass is 377 g/mol. The maximum atomic E-state index is 13.0. The van der Waals surface area contributed by atoms with Gasteiger partial charge in [0, 0.05) is 36.5 Å². The molecule has 0 saturated carbocycles. The number of nitrogens with zero attached hydrogens (tertiary/aromatic N) is 2. The Morgan fingerprint density at radius 1 is 1.21 bits per heavy atom. The van der Waals surface area contributed by atoms with Gasteiger partial charge in [0.25, 0.3) is 5.69 Å². The first kappa shape index (κ1) is 17.5. The number of Topliss-reactive ketones (excluding diaryl/α,β-unsaturated/α-hetero) is 1. The Morgan fingerprint density at radius 3 is 2.57 bits per heavy atom. The molecule has 28 heavy (non-hydrogen) atoms. The number of hydrogen-bond donors (Lipinski definition) is 1. The van der Waals surface area contributed by atoms with Crippen LogP contribution in [0.25, 0.3) is 0 Å². The molecule has 1 aliphatic heterocycles. The average molecular weight is 377 g/mol. The summed E-state index contributed by atoms with van der Waals surface area (Å²) in [6.07, 6.45) is 2.18. The molecule has 2 heterocycles. The molecule has 0 amide bonds. The lowest BCUT2D eigenvalue weighted by molar-refractivity contribution is -0.384. The maximum absolute atomic E-state index is 13.0. The SMILES string of the molecule is N#CC1=C(N)OC2=C(C(=O)C[C@@H](c3ccco3)C2)[C@H]1c1ccc([N+](=O)[O-])cc1. The van der Waals surface area contributed by atoms with Crippen LogP contribution in [0.5, 0.6) is 0 Å². The summed E-state index contributed by atoms with van der Waals surface area (Å²) in [5.41, 5.74) is 6.97. The number of nitriles is 1. The standard InChI is InChI=1S/C20H15N3O5/c21-10-14-18(11-3-5-13(6-4-11)23(25)26)19-15(24)8-12(16-2-1-7-27-16)9-17(19)28-20(14)22/h1-7,12,18H,8-9,22H2/t12-,18+/m1/s1. The Morgan fingerprint density at radius 2 is 1.96 bits per heavy atom. The van der Waals surface area contributed by atoms with Crippen molar-refractivity contribution in [2.24, 2.45) is 5.73 Å². The third kappa shape index (κ3) is 2.83. The quantitative estimate of drug-likeness (QED) is 0.640.